The lowest BCUT2D eigenvalue weighted by molar-refractivity contribution is 0.00928. The van der Waals surface area contributed by atoms with Gasteiger partial charge < -0.3 is 10.1 Å². The first-order chi connectivity index (χ1) is 8.57. The molecule has 1 aliphatic heterocycles. The SMILES string of the molecule is CCCNc1nc(C2(C)CCCO2)nc(C)c1Br. The summed E-state index contributed by atoms with van der Waals surface area (Å²) in [7, 11) is 0. The topological polar surface area (TPSA) is 47.0 Å². The van der Waals surface area contributed by atoms with Crippen LogP contribution >= 0.6 is 15.9 Å². The van der Waals surface area contributed by atoms with Crippen molar-refractivity contribution in [1.82, 2.24) is 9.97 Å². The Morgan fingerprint density at radius 1 is 1.44 bits per heavy atom. The molecule has 1 N–H and O–H groups in total. The van der Waals surface area contributed by atoms with Gasteiger partial charge in [0, 0.05) is 13.2 Å². The zero-order chi connectivity index (χ0) is 13.2. The van der Waals surface area contributed by atoms with Crippen molar-refractivity contribution in [2.45, 2.75) is 45.6 Å². The van der Waals surface area contributed by atoms with Crippen LogP contribution in [0.15, 0.2) is 4.47 Å². The van der Waals surface area contributed by atoms with Gasteiger partial charge in [-0.2, -0.15) is 0 Å². The van der Waals surface area contributed by atoms with E-state index in [4.69, 9.17) is 4.74 Å². The number of nitrogens with one attached hydrogen (secondary N) is 1. The molecular formula is C13H20BrN3O. The number of anilines is 1. The molecule has 4 nitrogen and oxygen atoms in total. The largest absolute Gasteiger partial charge is 0.369 e. The molecule has 1 aliphatic rings. The molecule has 0 bridgehead atoms. The van der Waals surface area contributed by atoms with Crippen LogP contribution in [0.25, 0.3) is 0 Å². The zero-order valence-corrected chi connectivity index (χ0v) is 12.8. The monoisotopic (exact) mass is 313 g/mol. The molecule has 0 radical (unpaired) electrons. The number of ether oxygens (including phenoxy) is 1. The molecule has 1 unspecified atom stereocenters. The van der Waals surface area contributed by atoms with Crippen molar-refractivity contribution in [1.29, 1.82) is 0 Å². The van der Waals surface area contributed by atoms with Crippen molar-refractivity contribution < 1.29 is 4.74 Å². The van der Waals surface area contributed by atoms with Crippen molar-refractivity contribution in [3.05, 3.63) is 16.0 Å². The van der Waals surface area contributed by atoms with Gasteiger partial charge in [-0.05, 0) is 49.0 Å². The third-order valence-electron chi connectivity index (χ3n) is 3.25. The van der Waals surface area contributed by atoms with Crippen molar-refractivity contribution in [2.75, 3.05) is 18.5 Å². The maximum Gasteiger partial charge on any atom is 0.162 e. The van der Waals surface area contributed by atoms with Gasteiger partial charge in [-0.3, -0.25) is 0 Å². The van der Waals surface area contributed by atoms with Crippen LogP contribution < -0.4 is 5.32 Å². The summed E-state index contributed by atoms with van der Waals surface area (Å²) in [5.41, 5.74) is 0.629. The molecule has 18 heavy (non-hydrogen) atoms. The summed E-state index contributed by atoms with van der Waals surface area (Å²) in [6, 6.07) is 0. The van der Waals surface area contributed by atoms with Crippen LogP contribution in [0.4, 0.5) is 5.82 Å². The van der Waals surface area contributed by atoms with E-state index in [1.54, 1.807) is 0 Å². The van der Waals surface area contributed by atoms with Crippen LogP contribution in [0.5, 0.6) is 0 Å². The Morgan fingerprint density at radius 3 is 2.83 bits per heavy atom. The molecule has 0 aromatic carbocycles. The highest BCUT2D eigenvalue weighted by Crippen LogP contribution is 2.35. The summed E-state index contributed by atoms with van der Waals surface area (Å²) >= 11 is 3.54. The molecule has 0 amide bonds. The fourth-order valence-corrected chi connectivity index (χ4v) is 2.43. The number of halogens is 1. The number of aromatic nitrogens is 2. The van der Waals surface area contributed by atoms with E-state index in [1.807, 2.05) is 6.92 Å². The first-order valence-corrected chi connectivity index (χ1v) is 7.28. The van der Waals surface area contributed by atoms with Gasteiger partial charge in [0.05, 0.1) is 10.2 Å². The Kier molecular flexibility index (Phi) is 4.22. The van der Waals surface area contributed by atoms with Gasteiger partial charge >= 0.3 is 0 Å². The van der Waals surface area contributed by atoms with Gasteiger partial charge in [0.1, 0.15) is 11.4 Å². The molecule has 1 aromatic heterocycles. The van der Waals surface area contributed by atoms with Crippen LogP contribution in [0.3, 0.4) is 0 Å². The molecule has 5 heteroatoms. The van der Waals surface area contributed by atoms with Crippen molar-refractivity contribution in [3.63, 3.8) is 0 Å². The third kappa shape index (κ3) is 2.67. The second kappa shape index (κ2) is 5.53. The Labute approximate surface area is 117 Å². The average molecular weight is 314 g/mol. The van der Waals surface area contributed by atoms with Crippen molar-refractivity contribution in [2.24, 2.45) is 0 Å². The van der Waals surface area contributed by atoms with Crippen LogP contribution in [-0.2, 0) is 10.3 Å². The van der Waals surface area contributed by atoms with Crippen LogP contribution in [0.1, 0.15) is 44.6 Å². The highest BCUT2D eigenvalue weighted by Gasteiger charge is 2.35. The Balaban J connectivity index is 2.34. The summed E-state index contributed by atoms with van der Waals surface area (Å²) in [6.07, 6.45) is 3.13. The molecule has 1 saturated heterocycles. The maximum absolute atomic E-state index is 5.81. The minimum Gasteiger partial charge on any atom is -0.369 e. The van der Waals surface area contributed by atoms with Gasteiger partial charge in [0.15, 0.2) is 5.82 Å². The zero-order valence-electron chi connectivity index (χ0n) is 11.2. The van der Waals surface area contributed by atoms with Crippen LogP contribution in [-0.4, -0.2) is 23.1 Å². The van der Waals surface area contributed by atoms with E-state index in [0.717, 1.165) is 54.2 Å². The first-order valence-electron chi connectivity index (χ1n) is 6.49. The quantitative estimate of drug-likeness (QED) is 0.925. The van der Waals surface area contributed by atoms with Crippen molar-refractivity contribution in [3.8, 4) is 0 Å². The molecule has 1 atom stereocenters. The molecule has 0 aliphatic carbocycles. The van der Waals surface area contributed by atoms with E-state index in [2.05, 4.69) is 45.1 Å². The highest BCUT2D eigenvalue weighted by molar-refractivity contribution is 9.10. The Bertz CT molecular complexity index is 430. The number of hydrogen-bond donors (Lipinski definition) is 1. The Hall–Kier alpha value is -0.680. The third-order valence-corrected chi connectivity index (χ3v) is 4.20. The van der Waals surface area contributed by atoms with E-state index < -0.39 is 0 Å². The fourth-order valence-electron chi connectivity index (χ4n) is 2.11. The second-order valence-corrected chi connectivity index (χ2v) is 5.70. The van der Waals surface area contributed by atoms with Crippen molar-refractivity contribution >= 4 is 21.7 Å². The first kappa shape index (κ1) is 13.7. The van der Waals surface area contributed by atoms with Crippen LogP contribution in [0.2, 0.25) is 0 Å². The molecule has 0 spiro atoms. The predicted molar refractivity (Wildman–Crippen MR) is 75.8 cm³/mol. The molecule has 1 fully saturated rings. The van der Waals surface area contributed by atoms with Gasteiger partial charge in [-0.15, -0.1) is 0 Å². The van der Waals surface area contributed by atoms with E-state index in [-0.39, 0.29) is 5.60 Å². The summed E-state index contributed by atoms with van der Waals surface area (Å²) in [6.45, 7) is 7.91. The number of hydrogen-bond acceptors (Lipinski definition) is 4. The summed E-state index contributed by atoms with van der Waals surface area (Å²) in [5, 5.41) is 3.33. The lowest BCUT2D eigenvalue weighted by Crippen LogP contribution is -2.24. The molecular weight excluding hydrogens is 294 g/mol. The lowest BCUT2D eigenvalue weighted by atomic mass is 10.0. The number of rotatable bonds is 4. The minimum absolute atomic E-state index is 0.325. The summed E-state index contributed by atoms with van der Waals surface area (Å²) < 4.78 is 6.76. The van der Waals surface area contributed by atoms with E-state index >= 15 is 0 Å². The normalized spacial score (nSPS) is 23.3. The second-order valence-electron chi connectivity index (χ2n) is 4.90. The summed E-state index contributed by atoms with van der Waals surface area (Å²) in [4.78, 5) is 9.20. The fraction of sp³-hybridized carbons (Fsp3) is 0.692. The van der Waals surface area contributed by atoms with E-state index in [9.17, 15) is 0 Å². The molecule has 100 valence electrons. The minimum atomic E-state index is -0.325. The van der Waals surface area contributed by atoms with E-state index in [0.29, 0.717) is 0 Å². The van der Waals surface area contributed by atoms with Gasteiger partial charge in [-0.1, -0.05) is 6.92 Å². The predicted octanol–water partition coefficient (Wildman–Crippen LogP) is 3.40. The summed E-state index contributed by atoms with van der Waals surface area (Å²) in [5.74, 6) is 1.66. The number of nitrogens with zero attached hydrogens (tertiary/aromatic N) is 2. The van der Waals surface area contributed by atoms with Gasteiger partial charge in [0.25, 0.3) is 0 Å². The molecule has 1 aromatic rings. The molecule has 2 heterocycles. The lowest BCUT2D eigenvalue weighted by Gasteiger charge is -2.23. The highest BCUT2D eigenvalue weighted by atomic mass is 79.9. The average Bonchev–Trinajstić information content (AvgIpc) is 2.79. The molecule has 0 saturated carbocycles. The molecule has 2 rings (SSSR count). The number of aryl methyl sites for hydroxylation is 1. The van der Waals surface area contributed by atoms with Crippen LogP contribution in [0, 0.1) is 6.92 Å². The maximum atomic E-state index is 5.81. The van der Waals surface area contributed by atoms with Gasteiger partial charge in [0.2, 0.25) is 0 Å². The van der Waals surface area contributed by atoms with E-state index in [1.165, 1.54) is 0 Å². The standard InChI is InChI=1S/C13H20BrN3O/c1-4-7-15-11-10(14)9(2)16-12(17-11)13(3)6-5-8-18-13/h4-8H2,1-3H3,(H,15,16,17). The Morgan fingerprint density at radius 2 is 2.22 bits per heavy atom. The van der Waals surface area contributed by atoms with Gasteiger partial charge in [-0.25, -0.2) is 9.97 Å². The smallest absolute Gasteiger partial charge is 0.162 e.